The van der Waals surface area contributed by atoms with E-state index in [4.69, 9.17) is 0 Å². The van der Waals surface area contributed by atoms with Crippen LogP contribution >= 0.6 is 15.9 Å². The Morgan fingerprint density at radius 2 is 2.26 bits per heavy atom. The zero-order valence-corrected chi connectivity index (χ0v) is 13.9. The molecule has 1 atom stereocenters. The van der Waals surface area contributed by atoms with Crippen LogP contribution in [0.5, 0.6) is 0 Å². The highest BCUT2D eigenvalue weighted by Crippen LogP contribution is 2.29. The lowest BCUT2D eigenvalue weighted by Crippen LogP contribution is -2.38. The fourth-order valence-corrected chi connectivity index (χ4v) is 3.57. The van der Waals surface area contributed by atoms with Gasteiger partial charge < -0.3 is 15.0 Å². The molecule has 23 heavy (non-hydrogen) atoms. The first-order valence-corrected chi connectivity index (χ1v) is 8.33. The Bertz CT molecular complexity index is 908. The van der Waals surface area contributed by atoms with Gasteiger partial charge in [-0.05, 0) is 31.0 Å². The zero-order valence-electron chi connectivity index (χ0n) is 12.3. The number of piperidine rings is 1. The van der Waals surface area contributed by atoms with E-state index in [-0.39, 0.29) is 5.92 Å². The second-order valence-electron chi connectivity index (χ2n) is 5.87. The van der Waals surface area contributed by atoms with Crippen LogP contribution in [-0.2, 0) is 0 Å². The van der Waals surface area contributed by atoms with Gasteiger partial charge in [0.15, 0.2) is 0 Å². The van der Waals surface area contributed by atoms with Crippen molar-refractivity contribution in [3.05, 3.63) is 34.7 Å². The van der Waals surface area contributed by atoms with Gasteiger partial charge in [-0.1, -0.05) is 15.9 Å². The Balaban J connectivity index is 1.76. The maximum absolute atomic E-state index is 11.2. The van der Waals surface area contributed by atoms with Crippen molar-refractivity contribution in [1.82, 2.24) is 19.9 Å². The molecule has 0 spiro atoms. The molecule has 1 amide bonds. The quantitative estimate of drug-likeness (QED) is 0.679. The minimum atomic E-state index is -0.859. The largest absolute Gasteiger partial charge is 0.465 e. The van der Waals surface area contributed by atoms with Crippen LogP contribution in [0.3, 0.4) is 0 Å². The number of aromatic nitrogens is 3. The molecule has 3 heterocycles. The van der Waals surface area contributed by atoms with E-state index in [1.807, 2.05) is 18.2 Å². The van der Waals surface area contributed by atoms with Crippen LogP contribution in [0.4, 0.5) is 4.79 Å². The molecular weight excluding hydrogens is 360 g/mol. The van der Waals surface area contributed by atoms with Crippen molar-refractivity contribution in [1.29, 1.82) is 0 Å². The highest BCUT2D eigenvalue weighted by molar-refractivity contribution is 9.10. The number of rotatable bonds is 1. The molecule has 0 aliphatic carbocycles. The SMILES string of the molecule is O=C(O)N1CCC[C@H](c2nc3cnc4cc(Br)ccc4c3[nH]2)C1. The van der Waals surface area contributed by atoms with E-state index in [0.29, 0.717) is 13.1 Å². The molecule has 118 valence electrons. The van der Waals surface area contributed by atoms with Gasteiger partial charge in [0.05, 0.1) is 17.2 Å². The minimum Gasteiger partial charge on any atom is -0.465 e. The summed E-state index contributed by atoms with van der Waals surface area (Å²) in [5, 5.41) is 10.2. The Kier molecular flexibility index (Phi) is 3.45. The molecule has 0 saturated carbocycles. The first-order chi connectivity index (χ1) is 11.1. The molecule has 4 rings (SSSR count). The van der Waals surface area contributed by atoms with Crippen LogP contribution in [0, 0.1) is 0 Å². The van der Waals surface area contributed by atoms with E-state index in [0.717, 1.165) is 45.1 Å². The number of carbonyl (C=O) groups is 1. The van der Waals surface area contributed by atoms with Crippen LogP contribution in [0.15, 0.2) is 28.9 Å². The zero-order chi connectivity index (χ0) is 16.0. The Labute approximate surface area is 140 Å². The Morgan fingerprint density at radius 3 is 3.09 bits per heavy atom. The summed E-state index contributed by atoms with van der Waals surface area (Å²) in [6, 6.07) is 5.97. The van der Waals surface area contributed by atoms with Crippen LogP contribution in [0.1, 0.15) is 24.6 Å². The average Bonchev–Trinajstić information content (AvgIpc) is 2.99. The van der Waals surface area contributed by atoms with Crippen LogP contribution in [0.25, 0.3) is 21.9 Å². The molecule has 6 nitrogen and oxygen atoms in total. The van der Waals surface area contributed by atoms with Gasteiger partial charge in [-0.15, -0.1) is 0 Å². The van der Waals surface area contributed by atoms with Crippen LogP contribution < -0.4 is 0 Å². The van der Waals surface area contributed by atoms with Crippen molar-refractivity contribution in [2.24, 2.45) is 0 Å². The number of benzene rings is 1. The van der Waals surface area contributed by atoms with Crippen molar-refractivity contribution in [2.45, 2.75) is 18.8 Å². The maximum Gasteiger partial charge on any atom is 0.407 e. The highest BCUT2D eigenvalue weighted by Gasteiger charge is 2.26. The molecule has 3 aromatic rings. The predicted octanol–water partition coefficient (Wildman–Crippen LogP) is 3.73. The van der Waals surface area contributed by atoms with E-state index in [2.05, 4.69) is 30.9 Å². The van der Waals surface area contributed by atoms with Gasteiger partial charge >= 0.3 is 6.09 Å². The Morgan fingerprint density at radius 1 is 1.39 bits per heavy atom. The molecule has 1 fully saturated rings. The number of nitrogens with one attached hydrogen (secondary N) is 1. The summed E-state index contributed by atoms with van der Waals surface area (Å²) in [4.78, 5) is 25.2. The predicted molar refractivity (Wildman–Crippen MR) is 90.7 cm³/mol. The lowest BCUT2D eigenvalue weighted by atomic mass is 9.98. The van der Waals surface area contributed by atoms with Crippen molar-refractivity contribution in [3.63, 3.8) is 0 Å². The fourth-order valence-electron chi connectivity index (χ4n) is 3.23. The monoisotopic (exact) mass is 374 g/mol. The van der Waals surface area contributed by atoms with E-state index >= 15 is 0 Å². The number of likely N-dealkylation sites (tertiary alicyclic amines) is 1. The summed E-state index contributed by atoms with van der Waals surface area (Å²) < 4.78 is 0.987. The first-order valence-electron chi connectivity index (χ1n) is 7.53. The second-order valence-corrected chi connectivity index (χ2v) is 6.79. The molecule has 2 N–H and O–H groups in total. The van der Waals surface area contributed by atoms with Gasteiger partial charge in [0.1, 0.15) is 11.3 Å². The normalized spacial score (nSPS) is 18.7. The molecule has 1 saturated heterocycles. The number of pyridine rings is 1. The third kappa shape index (κ3) is 2.55. The van der Waals surface area contributed by atoms with Gasteiger partial charge in [-0.25, -0.2) is 9.78 Å². The number of imidazole rings is 1. The van der Waals surface area contributed by atoms with Crippen molar-refractivity contribution in [3.8, 4) is 0 Å². The van der Waals surface area contributed by atoms with E-state index in [1.165, 1.54) is 4.90 Å². The second kappa shape index (κ2) is 5.49. The maximum atomic E-state index is 11.2. The van der Waals surface area contributed by atoms with Crippen molar-refractivity contribution >= 4 is 44.0 Å². The van der Waals surface area contributed by atoms with E-state index < -0.39 is 6.09 Å². The number of hydrogen-bond acceptors (Lipinski definition) is 3. The Hall–Kier alpha value is -2.15. The van der Waals surface area contributed by atoms with Gasteiger partial charge in [0, 0.05) is 28.9 Å². The van der Waals surface area contributed by atoms with Crippen LogP contribution in [0.2, 0.25) is 0 Å². The summed E-state index contributed by atoms with van der Waals surface area (Å²) in [6.07, 6.45) is 2.71. The third-order valence-corrected chi connectivity index (χ3v) is 4.88. The average molecular weight is 375 g/mol. The van der Waals surface area contributed by atoms with Crippen LogP contribution in [-0.4, -0.2) is 44.1 Å². The van der Waals surface area contributed by atoms with Gasteiger partial charge in [0.25, 0.3) is 0 Å². The molecule has 0 radical (unpaired) electrons. The molecular formula is C16H15BrN4O2. The molecule has 2 aromatic heterocycles. The number of hydrogen-bond donors (Lipinski definition) is 2. The molecule has 1 aliphatic rings. The summed E-state index contributed by atoms with van der Waals surface area (Å²) in [6.45, 7) is 1.09. The summed E-state index contributed by atoms with van der Waals surface area (Å²) >= 11 is 3.46. The number of aromatic amines is 1. The third-order valence-electron chi connectivity index (χ3n) is 4.38. The fraction of sp³-hybridized carbons (Fsp3) is 0.312. The van der Waals surface area contributed by atoms with Gasteiger partial charge in [0.2, 0.25) is 0 Å². The lowest BCUT2D eigenvalue weighted by molar-refractivity contribution is 0.129. The number of H-pyrrole nitrogens is 1. The minimum absolute atomic E-state index is 0.109. The van der Waals surface area contributed by atoms with E-state index in [9.17, 15) is 9.90 Å². The smallest absolute Gasteiger partial charge is 0.407 e. The highest BCUT2D eigenvalue weighted by atomic mass is 79.9. The number of carboxylic acid groups (broad SMARTS) is 1. The summed E-state index contributed by atoms with van der Waals surface area (Å²) in [7, 11) is 0. The summed E-state index contributed by atoms with van der Waals surface area (Å²) in [5.41, 5.74) is 2.69. The number of halogens is 1. The number of amides is 1. The molecule has 0 unspecified atom stereocenters. The van der Waals surface area contributed by atoms with Gasteiger partial charge in [-0.3, -0.25) is 4.98 Å². The number of fused-ring (bicyclic) bond motifs is 3. The topological polar surface area (TPSA) is 82.1 Å². The van der Waals surface area contributed by atoms with Gasteiger partial charge in [-0.2, -0.15) is 0 Å². The van der Waals surface area contributed by atoms with E-state index in [1.54, 1.807) is 6.20 Å². The molecule has 1 aliphatic heterocycles. The first kappa shape index (κ1) is 14.4. The molecule has 1 aromatic carbocycles. The summed E-state index contributed by atoms with van der Waals surface area (Å²) in [5.74, 6) is 0.959. The number of nitrogens with zero attached hydrogens (tertiary/aromatic N) is 3. The lowest BCUT2D eigenvalue weighted by Gasteiger charge is -2.29. The molecule has 0 bridgehead atoms. The standard InChI is InChI=1S/C16H15BrN4O2/c17-10-3-4-11-12(6-10)18-7-13-14(11)20-15(19-13)9-2-1-5-21(8-9)16(22)23/h3-4,6-7,9H,1-2,5,8H2,(H,19,20)(H,22,23)/t9-/m0/s1. The van der Waals surface area contributed by atoms with Crippen molar-refractivity contribution in [2.75, 3.05) is 13.1 Å². The van der Waals surface area contributed by atoms with Crippen molar-refractivity contribution < 1.29 is 9.90 Å². The molecule has 7 heteroatoms.